The van der Waals surface area contributed by atoms with Gasteiger partial charge in [0.25, 0.3) is 0 Å². The Labute approximate surface area is 102 Å². The van der Waals surface area contributed by atoms with Crippen molar-refractivity contribution >= 4 is 23.0 Å². The monoisotopic (exact) mass is 242 g/mol. The average Bonchev–Trinajstić information content (AvgIpc) is 2.28. The molecule has 4 N–H and O–H groups in total. The van der Waals surface area contributed by atoms with E-state index in [0.29, 0.717) is 16.6 Å². The lowest BCUT2D eigenvalue weighted by Gasteiger charge is -2.16. The normalized spacial score (nSPS) is 12.4. The topological polar surface area (TPSA) is 58.3 Å². The third-order valence-electron chi connectivity index (χ3n) is 2.71. The first kappa shape index (κ1) is 13.1. The second-order valence-corrected chi connectivity index (χ2v) is 4.34. The van der Waals surface area contributed by atoms with Crippen molar-refractivity contribution in [2.24, 2.45) is 5.92 Å². The summed E-state index contributed by atoms with van der Waals surface area (Å²) in [5.74, 6) is 0.461. The minimum atomic E-state index is 0.227. The smallest absolute Gasteiger partial charge is 0.0588 e. The molecule has 0 aliphatic heterocycles. The molecule has 0 aromatic heterocycles. The quantitative estimate of drug-likeness (QED) is 0.673. The van der Waals surface area contributed by atoms with Gasteiger partial charge < -0.3 is 16.2 Å². The number of nitrogens with two attached hydrogens (primary N) is 1. The van der Waals surface area contributed by atoms with E-state index in [0.717, 1.165) is 25.1 Å². The van der Waals surface area contributed by atoms with Crippen molar-refractivity contribution in [1.82, 2.24) is 0 Å². The van der Waals surface area contributed by atoms with Gasteiger partial charge >= 0.3 is 0 Å². The summed E-state index contributed by atoms with van der Waals surface area (Å²) in [5, 5.41) is 12.8. The van der Waals surface area contributed by atoms with Crippen LogP contribution in [0.4, 0.5) is 11.4 Å². The number of aliphatic hydroxyl groups excluding tert-OH is 1. The zero-order valence-corrected chi connectivity index (χ0v) is 10.3. The molecule has 0 amide bonds. The van der Waals surface area contributed by atoms with Crippen LogP contribution in [0.2, 0.25) is 5.02 Å². The van der Waals surface area contributed by atoms with Gasteiger partial charge in [0.15, 0.2) is 0 Å². The molecule has 1 unspecified atom stereocenters. The van der Waals surface area contributed by atoms with Crippen molar-refractivity contribution < 1.29 is 5.11 Å². The van der Waals surface area contributed by atoms with Crippen LogP contribution in [-0.2, 0) is 0 Å². The zero-order valence-electron chi connectivity index (χ0n) is 9.54. The number of hydrogen-bond acceptors (Lipinski definition) is 3. The second-order valence-electron chi connectivity index (χ2n) is 3.90. The fourth-order valence-electron chi connectivity index (χ4n) is 1.57. The summed E-state index contributed by atoms with van der Waals surface area (Å²) in [4.78, 5) is 0. The lowest BCUT2D eigenvalue weighted by atomic mass is 10.0. The van der Waals surface area contributed by atoms with E-state index < -0.39 is 0 Å². The molecule has 0 radical (unpaired) electrons. The number of nitrogen functional groups attached to an aromatic ring is 1. The van der Waals surface area contributed by atoms with Crippen molar-refractivity contribution in [1.29, 1.82) is 0 Å². The molecule has 0 saturated heterocycles. The number of nitrogens with one attached hydrogen (secondary N) is 1. The van der Waals surface area contributed by atoms with E-state index in [1.807, 2.05) is 6.07 Å². The fraction of sp³-hybridized carbons (Fsp3) is 0.500. The van der Waals surface area contributed by atoms with Crippen LogP contribution in [-0.4, -0.2) is 18.3 Å². The molecule has 0 fully saturated rings. The Morgan fingerprint density at radius 2 is 2.25 bits per heavy atom. The third-order valence-corrected chi connectivity index (χ3v) is 2.95. The van der Waals surface area contributed by atoms with Crippen LogP contribution in [0.25, 0.3) is 0 Å². The molecule has 0 aliphatic rings. The van der Waals surface area contributed by atoms with E-state index >= 15 is 0 Å². The maximum absolute atomic E-state index is 8.89. The highest BCUT2D eigenvalue weighted by Crippen LogP contribution is 2.23. The molecule has 1 aromatic rings. The highest BCUT2D eigenvalue weighted by molar-refractivity contribution is 6.31. The van der Waals surface area contributed by atoms with Gasteiger partial charge in [-0.05, 0) is 30.5 Å². The number of aliphatic hydroxyl groups is 1. The summed E-state index contributed by atoms with van der Waals surface area (Å²) in [5.41, 5.74) is 7.38. The van der Waals surface area contributed by atoms with E-state index in [-0.39, 0.29) is 6.61 Å². The van der Waals surface area contributed by atoms with Gasteiger partial charge in [-0.2, -0.15) is 0 Å². The lowest BCUT2D eigenvalue weighted by molar-refractivity contribution is 0.258. The van der Waals surface area contributed by atoms with Gasteiger partial charge in [-0.15, -0.1) is 0 Å². The number of rotatable bonds is 6. The van der Waals surface area contributed by atoms with E-state index in [1.54, 1.807) is 12.1 Å². The predicted molar refractivity (Wildman–Crippen MR) is 69.8 cm³/mol. The number of anilines is 2. The predicted octanol–water partition coefficient (Wildman–Crippen LogP) is 2.74. The molecular formula is C12H19ClN2O. The van der Waals surface area contributed by atoms with Crippen molar-refractivity contribution in [3.05, 3.63) is 23.2 Å². The Morgan fingerprint density at radius 1 is 1.50 bits per heavy atom. The summed E-state index contributed by atoms with van der Waals surface area (Å²) in [7, 11) is 0. The Morgan fingerprint density at radius 3 is 2.88 bits per heavy atom. The minimum Gasteiger partial charge on any atom is -0.397 e. The van der Waals surface area contributed by atoms with Crippen LogP contribution in [0, 0.1) is 5.92 Å². The number of hydrogen-bond donors (Lipinski definition) is 3. The Balaban J connectivity index is 2.55. The second kappa shape index (κ2) is 6.61. The minimum absolute atomic E-state index is 0.227. The largest absolute Gasteiger partial charge is 0.397 e. The fourth-order valence-corrected chi connectivity index (χ4v) is 1.74. The Bertz CT molecular complexity index is 331. The first-order chi connectivity index (χ1) is 7.67. The summed E-state index contributed by atoms with van der Waals surface area (Å²) in [6.07, 6.45) is 1.85. The van der Waals surface area contributed by atoms with Gasteiger partial charge in [0.05, 0.1) is 11.4 Å². The van der Waals surface area contributed by atoms with Crippen LogP contribution in [0.5, 0.6) is 0 Å². The summed E-state index contributed by atoms with van der Waals surface area (Å²) >= 11 is 5.89. The van der Waals surface area contributed by atoms with E-state index in [1.165, 1.54) is 0 Å². The molecule has 0 saturated carbocycles. The maximum atomic E-state index is 8.89. The van der Waals surface area contributed by atoms with Gasteiger partial charge in [-0.25, -0.2) is 0 Å². The summed E-state index contributed by atoms with van der Waals surface area (Å²) < 4.78 is 0. The highest BCUT2D eigenvalue weighted by Gasteiger charge is 2.06. The van der Waals surface area contributed by atoms with Gasteiger partial charge in [0.2, 0.25) is 0 Å². The molecule has 0 spiro atoms. The van der Waals surface area contributed by atoms with Crippen molar-refractivity contribution in [2.45, 2.75) is 19.8 Å². The first-order valence-electron chi connectivity index (χ1n) is 5.57. The van der Waals surface area contributed by atoms with E-state index in [9.17, 15) is 0 Å². The molecule has 0 aliphatic carbocycles. The van der Waals surface area contributed by atoms with Crippen LogP contribution in [0.1, 0.15) is 19.8 Å². The van der Waals surface area contributed by atoms with Gasteiger partial charge in [-0.3, -0.25) is 0 Å². The average molecular weight is 243 g/mol. The molecule has 3 nitrogen and oxygen atoms in total. The molecule has 90 valence electrons. The molecule has 1 aromatic carbocycles. The Kier molecular flexibility index (Phi) is 5.43. The molecule has 0 bridgehead atoms. The lowest BCUT2D eigenvalue weighted by Crippen LogP contribution is -2.15. The van der Waals surface area contributed by atoms with Crippen LogP contribution in [0.3, 0.4) is 0 Å². The number of benzene rings is 1. The summed E-state index contributed by atoms with van der Waals surface area (Å²) in [6.45, 7) is 3.15. The molecular weight excluding hydrogens is 224 g/mol. The Hall–Kier alpha value is -0.930. The molecule has 4 heteroatoms. The highest BCUT2D eigenvalue weighted by atomic mass is 35.5. The van der Waals surface area contributed by atoms with Crippen LogP contribution in [0.15, 0.2) is 18.2 Å². The molecule has 0 heterocycles. The zero-order chi connectivity index (χ0) is 12.0. The van der Waals surface area contributed by atoms with Gasteiger partial charge in [0.1, 0.15) is 0 Å². The molecule has 16 heavy (non-hydrogen) atoms. The SMILES string of the molecule is CCC(CCO)CNc1cc(Cl)ccc1N. The summed E-state index contributed by atoms with van der Waals surface area (Å²) in [6, 6.07) is 5.38. The van der Waals surface area contributed by atoms with Crippen LogP contribution >= 0.6 is 11.6 Å². The molecule has 1 rings (SSSR count). The van der Waals surface area contributed by atoms with Crippen molar-refractivity contribution in [3.8, 4) is 0 Å². The third kappa shape index (κ3) is 3.91. The molecule has 1 atom stereocenters. The van der Waals surface area contributed by atoms with Crippen LogP contribution < -0.4 is 11.1 Å². The standard InChI is InChI=1S/C12H19ClN2O/c1-2-9(5-6-16)8-15-12-7-10(13)3-4-11(12)14/h3-4,7,9,15-16H,2,5-6,8,14H2,1H3. The maximum Gasteiger partial charge on any atom is 0.0588 e. The van der Waals surface area contributed by atoms with Gasteiger partial charge in [-0.1, -0.05) is 24.9 Å². The van der Waals surface area contributed by atoms with Crippen molar-refractivity contribution in [2.75, 3.05) is 24.2 Å². The van der Waals surface area contributed by atoms with Gasteiger partial charge in [0, 0.05) is 18.2 Å². The van der Waals surface area contributed by atoms with E-state index in [4.69, 9.17) is 22.4 Å². The first-order valence-corrected chi connectivity index (χ1v) is 5.95. The van der Waals surface area contributed by atoms with E-state index in [2.05, 4.69) is 12.2 Å². The number of halogens is 1. The van der Waals surface area contributed by atoms with Crippen molar-refractivity contribution in [3.63, 3.8) is 0 Å².